The fourth-order valence-electron chi connectivity index (χ4n) is 6.35. The Kier molecular flexibility index (Phi) is 9.73. The number of carbonyl (C=O) groups excluding carboxylic acids is 2. The normalized spacial score (nSPS) is 23.9. The van der Waals surface area contributed by atoms with E-state index in [-0.39, 0.29) is 47.7 Å². The van der Waals surface area contributed by atoms with Crippen molar-refractivity contribution in [3.63, 3.8) is 0 Å². The predicted molar refractivity (Wildman–Crippen MR) is 154 cm³/mol. The van der Waals surface area contributed by atoms with E-state index in [1.165, 1.54) is 0 Å². The van der Waals surface area contributed by atoms with Crippen LogP contribution < -0.4 is 5.73 Å². The van der Waals surface area contributed by atoms with Crippen molar-refractivity contribution < 1.29 is 14.3 Å². The third-order valence-electron chi connectivity index (χ3n) is 7.91. The summed E-state index contributed by atoms with van der Waals surface area (Å²) in [6.45, 7) is 7.90. The maximum Gasteiger partial charge on any atom is 0.314 e. The van der Waals surface area contributed by atoms with E-state index in [2.05, 4.69) is 23.1 Å². The molecule has 204 valence electrons. The molecule has 0 bridgehead atoms. The van der Waals surface area contributed by atoms with Gasteiger partial charge in [0.2, 0.25) is 0 Å². The van der Waals surface area contributed by atoms with Crippen molar-refractivity contribution in [2.24, 2.45) is 11.1 Å². The third-order valence-corrected chi connectivity index (χ3v) is 9.15. The van der Waals surface area contributed by atoms with Gasteiger partial charge in [0.1, 0.15) is 5.60 Å². The number of cyclic esters (lactones) is 1. The number of likely N-dealkylation sites (tertiary alicyclic amines) is 2. The van der Waals surface area contributed by atoms with Crippen molar-refractivity contribution in [2.45, 2.75) is 64.0 Å². The minimum Gasteiger partial charge on any atom is -0.459 e. The second kappa shape index (κ2) is 12.0. The SMILES string of the molecule is CC1(C)CC2(CCCN(C3CCN(C(=O)c4cc(-c5ccccc5)sc4CCN)CC3)C2)C(=O)O1.Cl.Cl. The Balaban J connectivity index is 0.00000190. The van der Waals surface area contributed by atoms with Crippen molar-refractivity contribution in [3.8, 4) is 10.4 Å². The lowest BCUT2D eigenvalue weighted by atomic mass is 9.74. The summed E-state index contributed by atoms with van der Waals surface area (Å²) in [4.78, 5) is 33.1. The molecule has 3 fully saturated rings. The molecule has 1 aromatic heterocycles. The summed E-state index contributed by atoms with van der Waals surface area (Å²) >= 11 is 1.68. The fraction of sp³-hybridized carbons (Fsp3) is 0.571. The molecule has 9 heteroatoms. The molecule has 0 radical (unpaired) electrons. The summed E-state index contributed by atoms with van der Waals surface area (Å²) in [6, 6.07) is 12.7. The molecule has 37 heavy (non-hydrogen) atoms. The summed E-state index contributed by atoms with van der Waals surface area (Å²) in [5.74, 6) is 0.112. The van der Waals surface area contributed by atoms with E-state index in [0.29, 0.717) is 12.6 Å². The number of nitrogens with zero attached hydrogens (tertiary/aromatic N) is 2. The molecule has 1 atom stereocenters. The largest absolute Gasteiger partial charge is 0.459 e. The summed E-state index contributed by atoms with van der Waals surface area (Å²) < 4.78 is 5.71. The van der Waals surface area contributed by atoms with Gasteiger partial charge in [0.05, 0.1) is 11.0 Å². The Hall–Kier alpha value is -1.64. The quantitative estimate of drug-likeness (QED) is 0.504. The number of benzene rings is 1. The highest BCUT2D eigenvalue weighted by Gasteiger charge is 2.54. The number of piperidine rings is 2. The van der Waals surface area contributed by atoms with E-state index < -0.39 is 0 Å². The van der Waals surface area contributed by atoms with Gasteiger partial charge in [-0.25, -0.2) is 0 Å². The van der Waals surface area contributed by atoms with Crippen molar-refractivity contribution in [3.05, 3.63) is 46.8 Å². The number of nitrogens with two attached hydrogens (primary N) is 1. The van der Waals surface area contributed by atoms with Gasteiger partial charge in [-0.05, 0) is 70.7 Å². The standard InChI is InChI=1S/C28H37N3O3S.2ClH/c1-27(2)18-28(26(33)34-27)12-6-14-31(19-28)21-10-15-30(16-11-21)25(32)22-17-24(35-23(22)9-13-29)20-7-4-3-5-8-20;;/h3-5,7-8,17,21H,6,9-16,18-19,29H2,1-2H3;2*1H. The van der Waals surface area contributed by atoms with E-state index in [0.717, 1.165) is 85.6 Å². The molecule has 3 saturated heterocycles. The first-order valence-electron chi connectivity index (χ1n) is 13.0. The number of ether oxygens (including phenoxy) is 1. The first-order valence-corrected chi connectivity index (χ1v) is 13.8. The van der Waals surface area contributed by atoms with E-state index in [4.69, 9.17) is 10.5 Å². The molecule has 1 unspecified atom stereocenters. The number of thiophene rings is 1. The Morgan fingerprint density at radius 1 is 1.14 bits per heavy atom. The van der Waals surface area contributed by atoms with E-state index in [9.17, 15) is 9.59 Å². The van der Waals surface area contributed by atoms with E-state index in [1.54, 1.807) is 11.3 Å². The summed E-state index contributed by atoms with van der Waals surface area (Å²) in [7, 11) is 0. The Bertz CT molecular complexity index is 1090. The lowest BCUT2D eigenvalue weighted by Gasteiger charge is -2.44. The van der Waals surface area contributed by atoms with Gasteiger partial charge in [0.25, 0.3) is 5.91 Å². The number of hydrogen-bond acceptors (Lipinski definition) is 6. The third kappa shape index (κ3) is 6.17. The minimum atomic E-state index is -0.365. The number of amides is 1. The molecule has 1 spiro atoms. The number of hydrogen-bond donors (Lipinski definition) is 1. The molecule has 5 rings (SSSR count). The van der Waals surface area contributed by atoms with Crippen molar-refractivity contribution in [2.75, 3.05) is 32.7 Å². The lowest BCUT2D eigenvalue weighted by molar-refractivity contribution is -0.154. The number of halogens is 2. The second-order valence-corrected chi connectivity index (χ2v) is 12.2. The molecular weight excluding hydrogens is 529 g/mol. The number of carbonyl (C=O) groups is 2. The van der Waals surface area contributed by atoms with Crippen molar-refractivity contribution in [1.82, 2.24) is 9.80 Å². The molecule has 0 aliphatic carbocycles. The highest BCUT2D eigenvalue weighted by atomic mass is 35.5. The zero-order valence-electron chi connectivity index (χ0n) is 21.7. The summed E-state index contributed by atoms with van der Waals surface area (Å²) in [5.41, 5.74) is 7.11. The van der Waals surface area contributed by atoms with Crippen LogP contribution in [0.4, 0.5) is 0 Å². The Morgan fingerprint density at radius 2 is 1.84 bits per heavy atom. The van der Waals surface area contributed by atoms with Gasteiger partial charge in [-0.1, -0.05) is 30.3 Å². The van der Waals surface area contributed by atoms with Gasteiger partial charge >= 0.3 is 5.97 Å². The highest BCUT2D eigenvalue weighted by molar-refractivity contribution is 7.15. The Labute approximate surface area is 236 Å². The first-order chi connectivity index (χ1) is 16.8. The maximum absolute atomic E-state index is 13.6. The number of esters is 1. The van der Waals surface area contributed by atoms with Crippen LogP contribution in [-0.4, -0.2) is 66.0 Å². The van der Waals surface area contributed by atoms with Gasteiger partial charge in [-0.15, -0.1) is 36.2 Å². The van der Waals surface area contributed by atoms with Crippen LogP contribution in [0.25, 0.3) is 10.4 Å². The molecule has 1 aromatic carbocycles. The predicted octanol–water partition coefficient (Wildman–Crippen LogP) is 5.17. The molecule has 0 saturated carbocycles. The van der Waals surface area contributed by atoms with Crippen LogP contribution in [0.5, 0.6) is 0 Å². The van der Waals surface area contributed by atoms with Crippen LogP contribution in [0, 0.1) is 5.41 Å². The van der Waals surface area contributed by atoms with Gasteiger partial charge < -0.3 is 15.4 Å². The zero-order chi connectivity index (χ0) is 24.6. The van der Waals surface area contributed by atoms with Crippen LogP contribution in [0.2, 0.25) is 0 Å². The van der Waals surface area contributed by atoms with Gasteiger partial charge in [-0.3, -0.25) is 14.5 Å². The van der Waals surface area contributed by atoms with E-state index >= 15 is 0 Å². The van der Waals surface area contributed by atoms with Crippen LogP contribution in [-0.2, 0) is 16.0 Å². The van der Waals surface area contributed by atoms with Crippen molar-refractivity contribution in [1.29, 1.82) is 0 Å². The smallest absolute Gasteiger partial charge is 0.314 e. The maximum atomic E-state index is 13.6. The number of rotatable bonds is 5. The molecule has 3 aliphatic rings. The first kappa shape index (κ1) is 29.9. The molecule has 4 heterocycles. The lowest BCUT2D eigenvalue weighted by Crippen LogP contribution is -2.53. The Morgan fingerprint density at radius 3 is 2.46 bits per heavy atom. The average molecular weight is 569 g/mol. The van der Waals surface area contributed by atoms with Crippen LogP contribution in [0.3, 0.4) is 0 Å². The van der Waals surface area contributed by atoms with E-state index in [1.807, 2.05) is 36.9 Å². The average Bonchev–Trinajstić information content (AvgIpc) is 3.37. The molecule has 3 aliphatic heterocycles. The molecular formula is C28H39Cl2N3O3S. The summed E-state index contributed by atoms with van der Waals surface area (Å²) in [5, 5.41) is 0. The van der Waals surface area contributed by atoms with Crippen molar-refractivity contribution >= 4 is 48.0 Å². The molecule has 2 aromatic rings. The van der Waals surface area contributed by atoms with Crippen LogP contribution in [0.15, 0.2) is 36.4 Å². The molecule has 2 N–H and O–H groups in total. The second-order valence-electron chi connectivity index (χ2n) is 11.1. The van der Waals surface area contributed by atoms with Gasteiger partial charge in [0, 0.05) is 41.9 Å². The zero-order valence-corrected chi connectivity index (χ0v) is 24.2. The summed E-state index contributed by atoms with van der Waals surface area (Å²) in [6.07, 6.45) is 5.37. The fourth-order valence-corrected chi connectivity index (χ4v) is 7.52. The van der Waals surface area contributed by atoms with Crippen LogP contribution in [0.1, 0.15) is 61.2 Å². The minimum absolute atomic E-state index is 0. The van der Waals surface area contributed by atoms with Crippen LogP contribution >= 0.6 is 36.2 Å². The topological polar surface area (TPSA) is 75.9 Å². The highest BCUT2D eigenvalue weighted by Crippen LogP contribution is 2.46. The molecule has 6 nitrogen and oxygen atoms in total. The van der Waals surface area contributed by atoms with Gasteiger partial charge in [0.15, 0.2) is 0 Å². The monoisotopic (exact) mass is 567 g/mol. The van der Waals surface area contributed by atoms with Gasteiger partial charge in [-0.2, -0.15) is 0 Å². The molecule has 1 amide bonds.